The summed E-state index contributed by atoms with van der Waals surface area (Å²) in [5.74, 6) is 0.138. The van der Waals surface area contributed by atoms with Crippen LogP contribution < -0.4 is 15.4 Å². The highest BCUT2D eigenvalue weighted by Crippen LogP contribution is 2.29. The lowest BCUT2D eigenvalue weighted by atomic mass is 10.0. The minimum Gasteiger partial charge on any atom is -0.478 e. The van der Waals surface area contributed by atoms with Crippen LogP contribution >= 0.6 is 0 Å². The van der Waals surface area contributed by atoms with Crippen LogP contribution in [-0.2, 0) is 16.0 Å². The molecular weight excluding hydrogens is 328 g/mol. The van der Waals surface area contributed by atoms with Gasteiger partial charge in [0.2, 0.25) is 5.91 Å². The van der Waals surface area contributed by atoms with Crippen LogP contribution in [0.3, 0.4) is 0 Å². The summed E-state index contributed by atoms with van der Waals surface area (Å²) < 4.78 is 5.64. The Morgan fingerprint density at radius 1 is 1.19 bits per heavy atom. The smallest absolute Gasteiger partial charge is 0.266 e. The monoisotopic (exact) mass is 352 g/mol. The van der Waals surface area contributed by atoms with Gasteiger partial charge in [0.15, 0.2) is 6.10 Å². The molecule has 0 fully saturated rings. The predicted octanol–water partition coefficient (Wildman–Crippen LogP) is 3.14. The van der Waals surface area contributed by atoms with Crippen LogP contribution in [0.1, 0.15) is 29.5 Å². The normalized spacial score (nSPS) is 15.6. The summed E-state index contributed by atoms with van der Waals surface area (Å²) in [5.41, 5.74) is 4.48. The summed E-state index contributed by atoms with van der Waals surface area (Å²) in [4.78, 5) is 24.2. The Balaban J connectivity index is 1.44. The van der Waals surface area contributed by atoms with Gasteiger partial charge in [0, 0.05) is 6.54 Å². The van der Waals surface area contributed by atoms with E-state index in [2.05, 4.69) is 42.7 Å². The Morgan fingerprint density at radius 3 is 2.81 bits per heavy atom. The highest BCUT2D eigenvalue weighted by Gasteiger charge is 2.29. The third kappa shape index (κ3) is 4.42. The van der Waals surface area contributed by atoms with Gasteiger partial charge in [-0.1, -0.05) is 35.9 Å². The Hall–Kier alpha value is -2.82. The molecule has 3 rings (SSSR count). The van der Waals surface area contributed by atoms with E-state index in [1.165, 1.54) is 16.7 Å². The molecule has 1 atom stereocenters. The fraction of sp³-hybridized carbons (Fsp3) is 0.333. The fourth-order valence-corrected chi connectivity index (χ4v) is 3.10. The maximum Gasteiger partial charge on any atom is 0.266 e. The summed E-state index contributed by atoms with van der Waals surface area (Å²) in [6.07, 6.45) is 1.00. The predicted molar refractivity (Wildman–Crippen MR) is 101 cm³/mol. The number of anilines is 1. The number of fused-ring (bicyclic) bond motifs is 1. The molecule has 0 spiro atoms. The number of nitrogens with one attached hydrogen (secondary N) is 2. The second kappa shape index (κ2) is 8.04. The van der Waals surface area contributed by atoms with E-state index in [4.69, 9.17) is 4.74 Å². The summed E-state index contributed by atoms with van der Waals surface area (Å²) >= 11 is 0. The maximum absolute atomic E-state index is 12.1. The number of carbonyl (C=O) groups is 2. The molecule has 2 aromatic carbocycles. The molecule has 1 aliphatic rings. The number of amides is 2. The van der Waals surface area contributed by atoms with E-state index in [9.17, 15) is 9.59 Å². The highest BCUT2D eigenvalue weighted by atomic mass is 16.5. The number of rotatable bonds is 6. The van der Waals surface area contributed by atoms with E-state index >= 15 is 0 Å². The van der Waals surface area contributed by atoms with Gasteiger partial charge >= 0.3 is 0 Å². The average Bonchev–Trinajstić information content (AvgIpc) is 2.61. The van der Waals surface area contributed by atoms with Gasteiger partial charge in [-0.3, -0.25) is 9.59 Å². The molecule has 1 aliphatic heterocycles. The number of para-hydroxylation sites is 2. The first-order valence-electron chi connectivity index (χ1n) is 8.92. The van der Waals surface area contributed by atoms with E-state index in [0.717, 1.165) is 12.8 Å². The second-order valence-corrected chi connectivity index (χ2v) is 6.68. The lowest BCUT2D eigenvalue weighted by molar-refractivity contribution is -0.130. The van der Waals surface area contributed by atoms with Crippen LogP contribution in [0.25, 0.3) is 0 Å². The molecule has 136 valence electrons. The molecule has 2 N–H and O–H groups in total. The van der Waals surface area contributed by atoms with Crippen molar-refractivity contribution in [2.75, 3.05) is 11.9 Å². The van der Waals surface area contributed by atoms with Crippen LogP contribution in [0.2, 0.25) is 0 Å². The van der Waals surface area contributed by atoms with Gasteiger partial charge in [-0.05, 0) is 49.9 Å². The third-order valence-corrected chi connectivity index (χ3v) is 4.52. The Labute approximate surface area is 153 Å². The first-order valence-corrected chi connectivity index (χ1v) is 8.92. The van der Waals surface area contributed by atoms with Crippen molar-refractivity contribution in [3.05, 3.63) is 59.2 Å². The Morgan fingerprint density at radius 2 is 2.00 bits per heavy atom. The van der Waals surface area contributed by atoms with Crippen molar-refractivity contribution in [2.24, 2.45) is 0 Å². The molecule has 26 heavy (non-hydrogen) atoms. The minimum atomic E-state index is -0.788. The topological polar surface area (TPSA) is 67.4 Å². The summed E-state index contributed by atoms with van der Waals surface area (Å²) in [6.45, 7) is 4.77. The molecule has 5 nitrogen and oxygen atoms in total. The quantitative estimate of drug-likeness (QED) is 0.785. The number of carbonyl (C=O) groups excluding carboxylic acids is 2. The second-order valence-electron chi connectivity index (χ2n) is 6.68. The van der Waals surface area contributed by atoms with Gasteiger partial charge < -0.3 is 15.4 Å². The van der Waals surface area contributed by atoms with E-state index in [1.807, 2.05) is 12.1 Å². The standard InChI is InChI=1S/C21H24N2O3/c1-14-9-10-16(15(2)12-14)6-5-11-22-20(24)13-19-21(25)23-17-7-3-4-8-18(17)26-19/h3-4,7-10,12,19H,5-6,11,13H2,1-2H3,(H,22,24)(H,23,25)/t19-/m1/s1. The maximum atomic E-state index is 12.1. The number of aryl methyl sites for hydroxylation is 3. The Kier molecular flexibility index (Phi) is 5.56. The van der Waals surface area contributed by atoms with Crippen LogP contribution in [0.4, 0.5) is 5.69 Å². The molecule has 2 amide bonds. The third-order valence-electron chi connectivity index (χ3n) is 4.52. The number of ether oxygens (including phenoxy) is 1. The molecule has 5 heteroatoms. The summed E-state index contributed by atoms with van der Waals surface area (Å²) in [5, 5.41) is 5.65. The molecule has 2 aromatic rings. The van der Waals surface area contributed by atoms with E-state index < -0.39 is 6.10 Å². The molecule has 0 bridgehead atoms. The molecular formula is C21H24N2O3. The van der Waals surface area contributed by atoms with Crippen molar-refractivity contribution in [3.63, 3.8) is 0 Å². The summed E-state index contributed by atoms with van der Waals surface area (Å²) in [6, 6.07) is 13.6. The van der Waals surface area contributed by atoms with Crippen molar-refractivity contribution >= 4 is 17.5 Å². The number of hydrogen-bond acceptors (Lipinski definition) is 3. The SMILES string of the molecule is Cc1ccc(CCCNC(=O)C[C@H]2Oc3ccccc3NC2=O)c(C)c1. The van der Waals surface area contributed by atoms with E-state index in [1.54, 1.807) is 12.1 Å². The van der Waals surface area contributed by atoms with Crippen LogP contribution in [0, 0.1) is 13.8 Å². The van der Waals surface area contributed by atoms with Gasteiger partial charge in [-0.25, -0.2) is 0 Å². The van der Waals surface area contributed by atoms with Gasteiger partial charge in [0.1, 0.15) is 5.75 Å². The van der Waals surface area contributed by atoms with Crippen LogP contribution in [0.5, 0.6) is 5.75 Å². The van der Waals surface area contributed by atoms with Crippen molar-refractivity contribution in [1.82, 2.24) is 5.32 Å². The first-order chi connectivity index (χ1) is 12.5. The number of benzene rings is 2. The zero-order chi connectivity index (χ0) is 18.5. The van der Waals surface area contributed by atoms with Crippen molar-refractivity contribution < 1.29 is 14.3 Å². The Bertz CT molecular complexity index is 817. The number of hydrogen-bond donors (Lipinski definition) is 2. The first kappa shape index (κ1) is 18.0. The van der Waals surface area contributed by atoms with Crippen molar-refractivity contribution in [1.29, 1.82) is 0 Å². The van der Waals surface area contributed by atoms with E-state index in [0.29, 0.717) is 18.0 Å². The molecule has 0 saturated carbocycles. The lowest BCUT2D eigenvalue weighted by Gasteiger charge is -2.25. The van der Waals surface area contributed by atoms with Crippen molar-refractivity contribution in [3.8, 4) is 5.75 Å². The molecule has 0 unspecified atom stereocenters. The highest BCUT2D eigenvalue weighted by molar-refractivity contribution is 5.99. The van der Waals surface area contributed by atoms with Gasteiger partial charge in [-0.2, -0.15) is 0 Å². The van der Waals surface area contributed by atoms with Crippen LogP contribution in [0.15, 0.2) is 42.5 Å². The van der Waals surface area contributed by atoms with E-state index in [-0.39, 0.29) is 18.2 Å². The molecule has 1 heterocycles. The fourth-order valence-electron chi connectivity index (χ4n) is 3.10. The zero-order valence-corrected chi connectivity index (χ0v) is 15.2. The van der Waals surface area contributed by atoms with Crippen molar-refractivity contribution in [2.45, 2.75) is 39.2 Å². The molecule has 0 aromatic heterocycles. The zero-order valence-electron chi connectivity index (χ0n) is 15.2. The minimum absolute atomic E-state index is 0.0176. The van der Waals surface area contributed by atoms with Gasteiger partial charge in [0.05, 0.1) is 12.1 Å². The summed E-state index contributed by atoms with van der Waals surface area (Å²) in [7, 11) is 0. The molecule has 0 saturated heterocycles. The lowest BCUT2D eigenvalue weighted by Crippen LogP contribution is -2.41. The van der Waals surface area contributed by atoms with Gasteiger partial charge in [0.25, 0.3) is 5.91 Å². The van der Waals surface area contributed by atoms with Gasteiger partial charge in [-0.15, -0.1) is 0 Å². The average molecular weight is 352 g/mol. The molecule has 0 aliphatic carbocycles. The van der Waals surface area contributed by atoms with Crippen LogP contribution in [-0.4, -0.2) is 24.5 Å². The largest absolute Gasteiger partial charge is 0.478 e. The molecule has 0 radical (unpaired) electrons.